The van der Waals surface area contributed by atoms with Gasteiger partial charge in [-0.05, 0) is 66.8 Å². The SMILES string of the molecule is CC(=O)c1cccc(-c2ccc(CN(C)CC3=CC[C@H]4C[C@@H]3C4(C)C)cc2)c1. The van der Waals surface area contributed by atoms with Gasteiger partial charge in [-0.3, -0.25) is 9.69 Å². The van der Waals surface area contributed by atoms with Crippen LogP contribution in [0.2, 0.25) is 0 Å². The number of hydrogen-bond acceptors (Lipinski definition) is 2. The Balaban J connectivity index is 1.40. The van der Waals surface area contributed by atoms with Crippen LogP contribution in [0.3, 0.4) is 0 Å². The van der Waals surface area contributed by atoms with Gasteiger partial charge in [-0.15, -0.1) is 0 Å². The Labute approximate surface area is 169 Å². The van der Waals surface area contributed by atoms with Crippen molar-refractivity contribution in [3.63, 3.8) is 0 Å². The maximum Gasteiger partial charge on any atom is 0.159 e. The van der Waals surface area contributed by atoms with Gasteiger partial charge in [0.25, 0.3) is 0 Å². The number of carbonyl (C=O) groups excluding carboxylic acids is 1. The molecule has 0 amide bonds. The summed E-state index contributed by atoms with van der Waals surface area (Å²) in [5.41, 5.74) is 6.50. The second-order valence-electron chi connectivity index (χ2n) is 9.33. The van der Waals surface area contributed by atoms with Gasteiger partial charge < -0.3 is 0 Å². The molecule has 0 radical (unpaired) electrons. The molecule has 2 aromatic carbocycles. The fraction of sp³-hybridized carbons (Fsp3) is 0.423. The molecule has 1 fully saturated rings. The van der Waals surface area contributed by atoms with Crippen LogP contribution in [0.4, 0.5) is 0 Å². The van der Waals surface area contributed by atoms with E-state index in [2.05, 4.69) is 62.2 Å². The van der Waals surface area contributed by atoms with Gasteiger partial charge in [-0.1, -0.05) is 68.0 Å². The van der Waals surface area contributed by atoms with Crippen LogP contribution in [-0.2, 0) is 6.54 Å². The van der Waals surface area contributed by atoms with Crippen LogP contribution in [0.25, 0.3) is 11.1 Å². The molecular formula is C26H31NO. The minimum Gasteiger partial charge on any atom is -0.298 e. The molecule has 3 aliphatic rings. The van der Waals surface area contributed by atoms with Crippen LogP contribution < -0.4 is 0 Å². The minimum absolute atomic E-state index is 0.109. The number of benzene rings is 2. The summed E-state index contributed by atoms with van der Waals surface area (Å²) in [4.78, 5) is 14.1. The first-order valence-electron chi connectivity index (χ1n) is 10.4. The van der Waals surface area contributed by atoms with Gasteiger partial charge in [0.05, 0.1) is 0 Å². The monoisotopic (exact) mass is 373 g/mol. The van der Waals surface area contributed by atoms with E-state index in [0.717, 1.165) is 41.6 Å². The van der Waals surface area contributed by atoms with Gasteiger partial charge in [0, 0.05) is 18.7 Å². The third-order valence-corrected chi connectivity index (χ3v) is 7.04. The largest absolute Gasteiger partial charge is 0.298 e. The van der Waals surface area contributed by atoms with Gasteiger partial charge >= 0.3 is 0 Å². The number of Topliss-reactive ketones (excluding diaryl/α,β-unsaturated/α-hetero) is 1. The molecule has 0 saturated heterocycles. The standard InChI is InChI=1S/C26H31NO/c1-18(28)21-6-5-7-22(14-21)20-10-8-19(9-11-20)16-27(4)17-23-12-13-24-15-25(23)26(24,2)3/h5-12,14,24-25H,13,15-17H2,1-4H3/t24-,25-/m0/s1. The lowest BCUT2D eigenvalue weighted by atomic mass is 9.49. The lowest BCUT2D eigenvalue weighted by Gasteiger charge is -2.57. The van der Waals surface area contributed by atoms with Crippen LogP contribution in [0.1, 0.15) is 49.5 Å². The van der Waals surface area contributed by atoms with Crippen molar-refractivity contribution in [2.24, 2.45) is 17.3 Å². The zero-order valence-corrected chi connectivity index (χ0v) is 17.5. The van der Waals surface area contributed by atoms with Gasteiger partial charge in [0.2, 0.25) is 0 Å². The minimum atomic E-state index is 0.109. The molecule has 146 valence electrons. The Bertz CT molecular complexity index is 906. The highest BCUT2D eigenvalue weighted by molar-refractivity contribution is 5.95. The maximum absolute atomic E-state index is 11.6. The number of ketones is 1. The molecule has 0 heterocycles. The molecule has 2 aromatic rings. The first-order chi connectivity index (χ1) is 13.3. The predicted octanol–water partition coefficient (Wildman–Crippen LogP) is 5.98. The highest BCUT2D eigenvalue weighted by Crippen LogP contribution is 2.59. The van der Waals surface area contributed by atoms with E-state index < -0.39 is 0 Å². The van der Waals surface area contributed by atoms with Gasteiger partial charge in [0.1, 0.15) is 0 Å². The molecule has 0 spiro atoms. The molecule has 1 saturated carbocycles. The fourth-order valence-corrected chi connectivity index (χ4v) is 5.06. The van der Waals surface area contributed by atoms with Crippen LogP contribution in [-0.4, -0.2) is 24.3 Å². The molecule has 2 nitrogen and oxygen atoms in total. The van der Waals surface area contributed by atoms with Crippen molar-refractivity contribution in [2.75, 3.05) is 13.6 Å². The molecule has 0 unspecified atom stereocenters. The summed E-state index contributed by atoms with van der Waals surface area (Å²) in [6, 6.07) is 16.6. The summed E-state index contributed by atoms with van der Waals surface area (Å²) in [6.07, 6.45) is 5.16. The normalized spacial score (nSPS) is 22.5. The second kappa shape index (κ2) is 7.33. The fourth-order valence-electron chi connectivity index (χ4n) is 5.06. The molecule has 0 aliphatic heterocycles. The molecule has 2 atom stereocenters. The van der Waals surface area contributed by atoms with Gasteiger partial charge in [0.15, 0.2) is 5.78 Å². The Morgan fingerprint density at radius 1 is 1.07 bits per heavy atom. The summed E-state index contributed by atoms with van der Waals surface area (Å²) >= 11 is 0. The summed E-state index contributed by atoms with van der Waals surface area (Å²) in [7, 11) is 2.23. The topological polar surface area (TPSA) is 20.3 Å². The van der Waals surface area contributed by atoms with Crippen molar-refractivity contribution in [3.05, 3.63) is 71.3 Å². The molecule has 28 heavy (non-hydrogen) atoms. The van der Waals surface area contributed by atoms with E-state index in [0.29, 0.717) is 5.41 Å². The van der Waals surface area contributed by atoms with Crippen LogP contribution >= 0.6 is 0 Å². The molecule has 5 rings (SSSR count). The maximum atomic E-state index is 11.6. The molecular weight excluding hydrogens is 342 g/mol. The average molecular weight is 374 g/mol. The first-order valence-corrected chi connectivity index (χ1v) is 10.4. The zero-order chi connectivity index (χ0) is 19.9. The smallest absolute Gasteiger partial charge is 0.159 e. The van der Waals surface area contributed by atoms with Crippen molar-refractivity contribution < 1.29 is 4.79 Å². The lowest BCUT2D eigenvalue weighted by Crippen LogP contribution is -2.49. The van der Waals surface area contributed by atoms with Crippen molar-refractivity contribution in [1.29, 1.82) is 0 Å². The number of hydrogen-bond donors (Lipinski definition) is 0. The molecule has 0 N–H and O–H groups in total. The van der Waals surface area contributed by atoms with Crippen molar-refractivity contribution in [2.45, 2.75) is 40.2 Å². The Morgan fingerprint density at radius 2 is 1.82 bits per heavy atom. The number of rotatable bonds is 6. The highest BCUT2D eigenvalue weighted by Gasteiger charge is 2.50. The summed E-state index contributed by atoms with van der Waals surface area (Å²) in [5, 5.41) is 0. The molecule has 2 bridgehead atoms. The lowest BCUT2D eigenvalue weighted by molar-refractivity contribution is -0.0101. The number of likely N-dealkylation sites (N-methyl/N-ethyl adjacent to an activating group) is 1. The number of fused-ring (bicyclic) bond motifs is 1. The third-order valence-electron chi connectivity index (χ3n) is 7.04. The first kappa shape index (κ1) is 19.1. The number of carbonyl (C=O) groups is 1. The van der Waals surface area contributed by atoms with E-state index in [9.17, 15) is 4.79 Å². The quantitative estimate of drug-likeness (QED) is 0.458. The van der Waals surface area contributed by atoms with E-state index in [1.54, 1.807) is 12.5 Å². The van der Waals surface area contributed by atoms with E-state index in [4.69, 9.17) is 0 Å². The van der Waals surface area contributed by atoms with E-state index >= 15 is 0 Å². The van der Waals surface area contributed by atoms with Crippen LogP contribution in [0.15, 0.2) is 60.2 Å². The Morgan fingerprint density at radius 3 is 2.46 bits per heavy atom. The van der Waals surface area contributed by atoms with Crippen LogP contribution in [0.5, 0.6) is 0 Å². The summed E-state index contributed by atoms with van der Waals surface area (Å²) in [6.45, 7) is 8.53. The number of allylic oxidation sites excluding steroid dienone is 1. The third kappa shape index (κ3) is 3.58. The van der Waals surface area contributed by atoms with E-state index in [-0.39, 0.29) is 5.78 Å². The predicted molar refractivity (Wildman–Crippen MR) is 116 cm³/mol. The van der Waals surface area contributed by atoms with E-state index in [1.165, 1.54) is 18.4 Å². The average Bonchev–Trinajstić information content (AvgIpc) is 2.68. The van der Waals surface area contributed by atoms with Gasteiger partial charge in [-0.25, -0.2) is 0 Å². The summed E-state index contributed by atoms with van der Waals surface area (Å²) < 4.78 is 0. The van der Waals surface area contributed by atoms with E-state index in [1.807, 2.05) is 18.2 Å². The summed E-state index contributed by atoms with van der Waals surface area (Å²) in [5.74, 6) is 1.79. The van der Waals surface area contributed by atoms with Crippen LogP contribution in [0, 0.1) is 17.3 Å². The second-order valence-corrected chi connectivity index (χ2v) is 9.33. The highest BCUT2D eigenvalue weighted by atomic mass is 16.1. The van der Waals surface area contributed by atoms with Crippen molar-refractivity contribution in [3.8, 4) is 11.1 Å². The van der Waals surface area contributed by atoms with Gasteiger partial charge in [-0.2, -0.15) is 0 Å². The molecule has 2 heteroatoms. The number of nitrogens with zero attached hydrogens (tertiary/aromatic N) is 1. The zero-order valence-electron chi connectivity index (χ0n) is 17.5. The molecule has 3 aliphatic carbocycles. The molecule has 0 aromatic heterocycles. The Hall–Kier alpha value is -2.19. The van der Waals surface area contributed by atoms with Crippen molar-refractivity contribution in [1.82, 2.24) is 4.90 Å². The van der Waals surface area contributed by atoms with Crippen molar-refractivity contribution >= 4 is 5.78 Å². The Kier molecular flexibility index (Phi) is 5.01.